The number of hydrogen-bond donors (Lipinski definition) is 1. The number of methoxy groups -OCH3 is 1. The van der Waals surface area contributed by atoms with E-state index >= 15 is 0 Å². The van der Waals surface area contributed by atoms with Crippen molar-refractivity contribution in [2.45, 2.75) is 24.9 Å². The summed E-state index contributed by atoms with van der Waals surface area (Å²) in [6.45, 7) is 2.25. The molecule has 1 aliphatic rings. The van der Waals surface area contributed by atoms with Gasteiger partial charge >= 0.3 is 0 Å². The van der Waals surface area contributed by atoms with Gasteiger partial charge in [0.25, 0.3) is 0 Å². The van der Waals surface area contributed by atoms with Gasteiger partial charge in [-0.05, 0) is 18.9 Å². The number of nitrogens with zero attached hydrogens (tertiary/aromatic N) is 1. The molecule has 18 heavy (non-hydrogen) atoms. The second-order valence-corrected chi connectivity index (χ2v) is 4.85. The van der Waals surface area contributed by atoms with Gasteiger partial charge in [-0.1, -0.05) is 18.2 Å². The van der Waals surface area contributed by atoms with Crippen LogP contribution < -0.4 is 5.73 Å². The van der Waals surface area contributed by atoms with Gasteiger partial charge in [0.2, 0.25) is 0 Å². The average molecular weight is 252 g/mol. The fourth-order valence-corrected chi connectivity index (χ4v) is 2.20. The van der Waals surface area contributed by atoms with Gasteiger partial charge < -0.3 is 10.5 Å². The molecule has 2 rings (SSSR count). The average Bonchev–Trinajstić information content (AvgIpc) is 3.19. The highest BCUT2D eigenvalue weighted by Crippen LogP contribution is 2.28. The van der Waals surface area contributed by atoms with E-state index in [4.69, 9.17) is 10.5 Å². The summed E-state index contributed by atoms with van der Waals surface area (Å²) in [4.78, 5) is 2.31. The molecule has 1 fully saturated rings. The van der Waals surface area contributed by atoms with E-state index in [9.17, 15) is 4.39 Å². The minimum absolute atomic E-state index is 0.215. The van der Waals surface area contributed by atoms with Crippen LogP contribution in [0, 0.1) is 5.82 Å². The quantitative estimate of drug-likeness (QED) is 0.806. The first kappa shape index (κ1) is 13.5. The van der Waals surface area contributed by atoms with Gasteiger partial charge in [-0.3, -0.25) is 4.90 Å². The summed E-state index contributed by atoms with van der Waals surface area (Å²) in [5, 5.41) is 0. The van der Waals surface area contributed by atoms with Gasteiger partial charge in [0.1, 0.15) is 5.82 Å². The van der Waals surface area contributed by atoms with Crippen LogP contribution in [0.25, 0.3) is 0 Å². The molecule has 1 aromatic carbocycles. The van der Waals surface area contributed by atoms with Crippen LogP contribution in [0.2, 0.25) is 0 Å². The van der Waals surface area contributed by atoms with Crippen molar-refractivity contribution in [1.29, 1.82) is 0 Å². The van der Waals surface area contributed by atoms with Crippen molar-refractivity contribution in [2.24, 2.45) is 5.73 Å². The van der Waals surface area contributed by atoms with E-state index in [0.29, 0.717) is 24.8 Å². The Bertz CT molecular complexity index is 382. The number of benzene rings is 1. The van der Waals surface area contributed by atoms with E-state index in [1.54, 1.807) is 19.2 Å². The van der Waals surface area contributed by atoms with E-state index < -0.39 is 0 Å². The number of nitrogens with two attached hydrogens (primary N) is 1. The van der Waals surface area contributed by atoms with Gasteiger partial charge in [0, 0.05) is 37.8 Å². The van der Waals surface area contributed by atoms with Crippen molar-refractivity contribution in [3.05, 3.63) is 35.6 Å². The summed E-state index contributed by atoms with van der Waals surface area (Å²) in [5.41, 5.74) is 6.71. The molecule has 0 aliphatic heterocycles. The Morgan fingerprint density at radius 1 is 1.44 bits per heavy atom. The third-order valence-corrected chi connectivity index (χ3v) is 3.38. The molecule has 1 saturated carbocycles. The molecule has 100 valence electrons. The second kappa shape index (κ2) is 6.27. The van der Waals surface area contributed by atoms with Crippen LogP contribution in [0.15, 0.2) is 24.3 Å². The topological polar surface area (TPSA) is 38.5 Å². The summed E-state index contributed by atoms with van der Waals surface area (Å²) in [5.74, 6) is -0.215. The summed E-state index contributed by atoms with van der Waals surface area (Å²) >= 11 is 0. The monoisotopic (exact) mass is 252 g/mol. The molecule has 3 nitrogen and oxygen atoms in total. The molecule has 1 aromatic rings. The maximum absolute atomic E-state index is 13.6. The molecule has 0 amide bonds. The normalized spacial score (nSPS) is 17.1. The Morgan fingerprint density at radius 2 is 2.17 bits per heavy atom. The molecule has 0 radical (unpaired) electrons. The Morgan fingerprint density at radius 3 is 2.78 bits per heavy atom. The van der Waals surface area contributed by atoms with Crippen molar-refractivity contribution in [3.63, 3.8) is 0 Å². The molecule has 1 aliphatic carbocycles. The minimum atomic E-state index is -0.274. The van der Waals surface area contributed by atoms with Crippen molar-refractivity contribution in [2.75, 3.05) is 26.8 Å². The maximum atomic E-state index is 13.6. The highest BCUT2D eigenvalue weighted by Gasteiger charge is 2.30. The molecule has 0 spiro atoms. The lowest BCUT2D eigenvalue weighted by Crippen LogP contribution is -2.36. The third kappa shape index (κ3) is 3.51. The lowest BCUT2D eigenvalue weighted by atomic mass is 10.1. The summed E-state index contributed by atoms with van der Waals surface area (Å²) < 4.78 is 18.7. The first-order valence-corrected chi connectivity index (χ1v) is 6.45. The minimum Gasteiger partial charge on any atom is -0.383 e. The molecular formula is C14H21FN2O. The summed E-state index contributed by atoms with van der Waals surface area (Å²) in [6, 6.07) is 7.08. The first-order valence-electron chi connectivity index (χ1n) is 6.45. The zero-order chi connectivity index (χ0) is 13.0. The highest BCUT2D eigenvalue weighted by atomic mass is 19.1. The maximum Gasteiger partial charge on any atom is 0.128 e. The van der Waals surface area contributed by atoms with Crippen molar-refractivity contribution in [1.82, 2.24) is 4.90 Å². The van der Waals surface area contributed by atoms with Gasteiger partial charge in [0.15, 0.2) is 0 Å². The fourth-order valence-electron chi connectivity index (χ4n) is 2.20. The van der Waals surface area contributed by atoms with E-state index in [0.717, 1.165) is 6.54 Å². The molecular weight excluding hydrogens is 231 g/mol. The van der Waals surface area contributed by atoms with E-state index in [1.807, 2.05) is 6.07 Å². The van der Waals surface area contributed by atoms with E-state index in [1.165, 1.54) is 18.9 Å². The molecule has 0 heterocycles. The fraction of sp³-hybridized carbons (Fsp3) is 0.571. The van der Waals surface area contributed by atoms with Crippen LogP contribution in [-0.4, -0.2) is 37.7 Å². The Kier molecular flexibility index (Phi) is 4.69. The van der Waals surface area contributed by atoms with E-state index in [-0.39, 0.29) is 11.9 Å². The van der Waals surface area contributed by atoms with Gasteiger partial charge in [-0.25, -0.2) is 4.39 Å². The standard InChI is InChI=1S/C14H21FN2O/c1-18-9-8-17(11-6-7-11)10-14(16)12-4-2-3-5-13(12)15/h2-5,11,14H,6-10,16H2,1H3. The van der Waals surface area contributed by atoms with Crippen molar-refractivity contribution < 1.29 is 9.13 Å². The number of halogens is 1. The zero-order valence-electron chi connectivity index (χ0n) is 10.8. The van der Waals surface area contributed by atoms with Gasteiger partial charge in [-0.2, -0.15) is 0 Å². The lowest BCUT2D eigenvalue weighted by molar-refractivity contribution is 0.139. The Hall–Kier alpha value is -0.970. The molecule has 0 aromatic heterocycles. The molecule has 0 bridgehead atoms. The largest absolute Gasteiger partial charge is 0.383 e. The molecule has 1 atom stereocenters. The Balaban J connectivity index is 1.96. The first-order chi connectivity index (χ1) is 8.72. The van der Waals surface area contributed by atoms with Gasteiger partial charge in [0.05, 0.1) is 6.61 Å². The second-order valence-electron chi connectivity index (χ2n) is 4.85. The SMILES string of the molecule is COCCN(CC(N)c1ccccc1F)C1CC1. The van der Waals surface area contributed by atoms with Crippen LogP contribution in [0.5, 0.6) is 0 Å². The smallest absolute Gasteiger partial charge is 0.128 e. The molecule has 4 heteroatoms. The number of hydrogen-bond acceptors (Lipinski definition) is 3. The van der Waals surface area contributed by atoms with Crippen LogP contribution in [0.1, 0.15) is 24.4 Å². The van der Waals surface area contributed by atoms with Gasteiger partial charge in [-0.15, -0.1) is 0 Å². The Labute approximate surface area is 108 Å². The number of rotatable bonds is 7. The third-order valence-electron chi connectivity index (χ3n) is 3.38. The summed E-state index contributed by atoms with van der Waals surface area (Å²) in [7, 11) is 1.70. The predicted molar refractivity (Wildman–Crippen MR) is 69.8 cm³/mol. The summed E-state index contributed by atoms with van der Waals surface area (Å²) in [6.07, 6.45) is 2.43. The lowest BCUT2D eigenvalue weighted by Gasteiger charge is -2.25. The zero-order valence-corrected chi connectivity index (χ0v) is 10.8. The highest BCUT2D eigenvalue weighted by molar-refractivity contribution is 5.21. The number of ether oxygens (including phenoxy) is 1. The molecule has 2 N–H and O–H groups in total. The van der Waals surface area contributed by atoms with Crippen LogP contribution in [-0.2, 0) is 4.74 Å². The predicted octanol–water partition coefficient (Wildman–Crippen LogP) is 1.94. The van der Waals surface area contributed by atoms with Crippen molar-refractivity contribution in [3.8, 4) is 0 Å². The van der Waals surface area contributed by atoms with Crippen LogP contribution >= 0.6 is 0 Å². The molecule has 1 unspecified atom stereocenters. The van der Waals surface area contributed by atoms with Crippen molar-refractivity contribution >= 4 is 0 Å². The van der Waals surface area contributed by atoms with E-state index in [2.05, 4.69) is 4.90 Å². The van der Waals surface area contributed by atoms with Crippen LogP contribution in [0.3, 0.4) is 0 Å². The van der Waals surface area contributed by atoms with Crippen LogP contribution in [0.4, 0.5) is 4.39 Å². The molecule has 0 saturated heterocycles.